The highest BCUT2D eigenvalue weighted by molar-refractivity contribution is 5.89. The molecule has 160 valence electrons. The van der Waals surface area contributed by atoms with Gasteiger partial charge in [0, 0.05) is 0 Å². The van der Waals surface area contributed by atoms with Crippen molar-refractivity contribution >= 4 is 17.8 Å². The maximum absolute atomic E-state index is 13.2. The second-order valence-corrected chi connectivity index (χ2v) is 9.20. The fourth-order valence-electron chi connectivity index (χ4n) is 3.80. The number of oxime groups is 1. The van der Waals surface area contributed by atoms with Gasteiger partial charge < -0.3 is 4.74 Å². The Bertz CT molecular complexity index is 554. The van der Waals surface area contributed by atoms with E-state index in [1.54, 1.807) is 4.90 Å². The van der Waals surface area contributed by atoms with E-state index in [-0.39, 0.29) is 12.1 Å². The maximum Gasteiger partial charge on any atom is 0.510 e. The molecule has 6 nitrogen and oxygen atoms in total. The molecule has 0 bridgehead atoms. The maximum atomic E-state index is 13.2. The standard InChI is InChI=1S/C22H39N3O3/c1-6-17(2)24-28-20(23-18-13-9-7-10-14-18)25(19-15-11-8-12-16-19)21(26)27-22(3,4)5/h18-19H,6-16H2,1-5H3/p+1. The van der Waals surface area contributed by atoms with Crippen molar-refractivity contribution in [2.75, 3.05) is 0 Å². The quantitative estimate of drug-likeness (QED) is 0.443. The van der Waals surface area contributed by atoms with E-state index in [0.29, 0.717) is 12.1 Å². The van der Waals surface area contributed by atoms with Gasteiger partial charge in [-0.25, -0.2) is 4.99 Å². The van der Waals surface area contributed by atoms with Crippen LogP contribution in [0.4, 0.5) is 4.79 Å². The molecule has 2 rings (SSSR count). The topological polar surface area (TPSA) is 65.1 Å². The van der Waals surface area contributed by atoms with Crippen LogP contribution in [0.3, 0.4) is 0 Å². The summed E-state index contributed by atoms with van der Waals surface area (Å²) in [5.74, 6) is 0. The molecular formula is C22H40N3O3+. The van der Waals surface area contributed by atoms with Crippen molar-refractivity contribution in [3.8, 4) is 0 Å². The SMILES string of the molecule is CCC(C)=NOC(=[NH+]C1CCCCC1)N(C(=O)OC(C)(C)C)C1CCCCC1. The average Bonchev–Trinajstić information content (AvgIpc) is 2.66. The largest absolute Gasteiger partial charge is 0.510 e. The Morgan fingerprint density at radius 1 is 1.04 bits per heavy atom. The lowest BCUT2D eigenvalue weighted by molar-refractivity contribution is -0.522. The average molecular weight is 395 g/mol. The summed E-state index contributed by atoms with van der Waals surface area (Å²) in [6.07, 6.45) is 11.7. The molecule has 0 aliphatic heterocycles. The van der Waals surface area contributed by atoms with Gasteiger partial charge in [0.25, 0.3) is 0 Å². The van der Waals surface area contributed by atoms with Crippen LogP contribution >= 0.6 is 0 Å². The van der Waals surface area contributed by atoms with E-state index in [1.807, 2.05) is 34.6 Å². The molecule has 1 N–H and O–H groups in total. The van der Waals surface area contributed by atoms with Crippen LogP contribution < -0.4 is 4.99 Å². The molecular weight excluding hydrogens is 354 g/mol. The van der Waals surface area contributed by atoms with E-state index in [2.05, 4.69) is 10.1 Å². The molecule has 0 heterocycles. The molecule has 28 heavy (non-hydrogen) atoms. The molecule has 0 radical (unpaired) electrons. The normalized spacial score (nSPS) is 20.8. The van der Waals surface area contributed by atoms with Crippen molar-refractivity contribution in [1.82, 2.24) is 4.90 Å². The van der Waals surface area contributed by atoms with E-state index in [4.69, 9.17) is 9.57 Å². The number of carbonyl (C=O) groups excluding carboxylic acids is 1. The summed E-state index contributed by atoms with van der Waals surface area (Å²) in [6.45, 7) is 9.69. The van der Waals surface area contributed by atoms with Gasteiger partial charge in [-0.3, -0.25) is 4.84 Å². The second kappa shape index (κ2) is 10.8. The Kier molecular flexibility index (Phi) is 8.77. The summed E-state index contributed by atoms with van der Waals surface area (Å²) in [5, 5.41) is 4.27. The first-order valence-corrected chi connectivity index (χ1v) is 11.2. The number of hydrogen-bond acceptors (Lipinski definition) is 4. The Labute approximate surface area is 170 Å². The third kappa shape index (κ3) is 7.44. The zero-order valence-corrected chi connectivity index (χ0v) is 18.6. The molecule has 2 fully saturated rings. The molecule has 0 spiro atoms. The minimum atomic E-state index is -0.553. The molecule has 6 heteroatoms. The second-order valence-electron chi connectivity index (χ2n) is 9.20. The van der Waals surface area contributed by atoms with E-state index >= 15 is 0 Å². The van der Waals surface area contributed by atoms with Gasteiger partial charge in [-0.15, -0.1) is 4.90 Å². The van der Waals surface area contributed by atoms with Crippen molar-refractivity contribution in [3.05, 3.63) is 0 Å². The highest BCUT2D eigenvalue weighted by Crippen LogP contribution is 2.25. The lowest BCUT2D eigenvalue weighted by Gasteiger charge is -2.29. The molecule has 0 aromatic rings. The van der Waals surface area contributed by atoms with Gasteiger partial charge in [-0.2, -0.15) is 4.79 Å². The zero-order valence-electron chi connectivity index (χ0n) is 18.6. The summed E-state index contributed by atoms with van der Waals surface area (Å²) < 4.78 is 5.75. The molecule has 0 aromatic carbocycles. The predicted octanol–water partition coefficient (Wildman–Crippen LogP) is 4.13. The third-order valence-electron chi connectivity index (χ3n) is 5.48. The first-order valence-electron chi connectivity index (χ1n) is 11.2. The van der Waals surface area contributed by atoms with Crippen LogP contribution in [-0.4, -0.2) is 40.4 Å². The lowest BCUT2D eigenvalue weighted by Crippen LogP contribution is -2.83. The summed E-state index contributed by atoms with van der Waals surface area (Å²) in [5.41, 5.74) is 0.346. The Hall–Kier alpha value is -1.59. The fraction of sp³-hybridized carbons (Fsp3) is 0.864. The van der Waals surface area contributed by atoms with Gasteiger partial charge in [0.2, 0.25) is 0 Å². The van der Waals surface area contributed by atoms with Crippen molar-refractivity contribution in [3.63, 3.8) is 0 Å². The number of ether oxygens (including phenoxy) is 1. The van der Waals surface area contributed by atoms with Crippen molar-refractivity contribution in [1.29, 1.82) is 0 Å². The number of carbonyl (C=O) groups is 1. The zero-order chi connectivity index (χ0) is 20.6. The number of amides is 1. The highest BCUT2D eigenvalue weighted by atomic mass is 16.7. The van der Waals surface area contributed by atoms with Gasteiger partial charge >= 0.3 is 12.1 Å². The van der Waals surface area contributed by atoms with Crippen molar-refractivity contribution in [2.45, 2.75) is 123 Å². The van der Waals surface area contributed by atoms with Crippen LogP contribution in [0, 0.1) is 0 Å². The lowest BCUT2D eigenvalue weighted by atomic mass is 9.94. The Balaban J connectivity index is 2.33. The Morgan fingerprint density at radius 2 is 1.61 bits per heavy atom. The van der Waals surface area contributed by atoms with Gasteiger partial charge in [0.1, 0.15) is 11.6 Å². The van der Waals surface area contributed by atoms with E-state index in [9.17, 15) is 4.79 Å². The molecule has 2 aliphatic rings. The van der Waals surface area contributed by atoms with E-state index in [1.165, 1.54) is 25.7 Å². The van der Waals surface area contributed by atoms with Crippen LogP contribution in [-0.2, 0) is 9.57 Å². The molecule has 2 saturated carbocycles. The molecule has 2 aliphatic carbocycles. The molecule has 0 atom stereocenters. The minimum Gasteiger partial charge on any atom is -0.425 e. The van der Waals surface area contributed by atoms with E-state index < -0.39 is 5.60 Å². The van der Waals surface area contributed by atoms with Gasteiger partial charge in [-0.05, 0) is 85.5 Å². The summed E-state index contributed by atoms with van der Waals surface area (Å²) in [4.78, 5) is 24.3. The van der Waals surface area contributed by atoms with Crippen molar-refractivity contribution < 1.29 is 19.4 Å². The van der Waals surface area contributed by atoms with Crippen molar-refractivity contribution in [2.24, 2.45) is 5.16 Å². The number of amidine groups is 1. The number of rotatable bonds is 4. The number of nitrogens with zero attached hydrogens (tertiary/aromatic N) is 2. The number of hydrogen-bond donors (Lipinski definition) is 1. The fourth-order valence-corrected chi connectivity index (χ4v) is 3.80. The van der Waals surface area contributed by atoms with Crippen LogP contribution in [0.25, 0.3) is 0 Å². The van der Waals surface area contributed by atoms with E-state index in [0.717, 1.165) is 50.7 Å². The van der Waals surface area contributed by atoms with Crippen LogP contribution in [0.2, 0.25) is 0 Å². The first-order chi connectivity index (χ1) is 13.3. The smallest absolute Gasteiger partial charge is 0.425 e. The molecule has 0 aromatic heterocycles. The molecule has 1 amide bonds. The Morgan fingerprint density at radius 3 is 2.14 bits per heavy atom. The molecule has 0 saturated heterocycles. The summed E-state index contributed by atoms with van der Waals surface area (Å²) in [7, 11) is 0. The monoisotopic (exact) mass is 394 g/mol. The predicted molar refractivity (Wildman–Crippen MR) is 112 cm³/mol. The van der Waals surface area contributed by atoms with Gasteiger partial charge in [0.15, 0.2) is 0 Å². The van der Waals surface area contributed by atoms with Crippen LogP contribution in [0.15, 0.2) is 5.16 Å². The van der Waals surface area contributed by atoms with Crippen LogP contribution in [0.1, 0.15) is 105 Å². The molecule has 0 unspecified atom stereocenters. The first kappa shape index (κ1) is 22.7. The third-order valence-corrected chi connectivity index (χ3v) is 5.48. The van der Waals surface area contributed by atoms with Gasteiger partial charge in [-0.1, -0.05) is 24.9 Å². The van der Waals surface area contributed by atoms with Gasteiger partial charge in [0.05, 0.1) is 11.8 Å². The number of nitrogens with one attached hydrogen (secondary N) is 1. The summed E-state index contributed by atoms with van der Waals surface area (Å²) >= 11 is 0. The minimum absolute atomic E-state index is 0.0897. The van der Waals surface area contributed by atoms with Crippen LogP contribution in [0.5, 0.6) is 0 Å². The summed E-state index contributed by atoms with van der Waals surface area (Å²) in [6, 6.07) is 0.849. The highest BCUT2D eigenvalue weighted by Gasteiger charge is 2.42.